The zero-order valence-corrected chi connectivity index (χ0v) is 14.0. The third kappa shape index (κ3) is 6.21. The van der Waals surface area contributed by atoms with Crippen LogP contribution in [0.15, 0.2) is 48.8 Å². The lowest BCUT2D eigenvalue weighted by Crippen LogP contribution is -2.47. The highest BCUT2D eigenvalue weighted by molar-refractivity contribution is 5.96. The van der Waals surface area contributed by atoms with Gasteiger partial charge in [0.2, 0.25) is 5.91 Å². The Bertz CT molecular complexity index is 692. The molecule has 1 aromatic heterocycles. The summed E-state index contributed by atoms with van der Waals surface area (Å²) in [6.07, 6.45) is 4.40. The van der Waals surface area contributed by atoms with Gasteiger partial charge in [0.25, 0.3) is 0 Å². The van der Waals surface area contributed by atoms with Gasteiger partial charge in [0.1, 0.15) is 11.9 Å². The topological polar surface area (TPSA) is 83.1 Å². The van der Waals surface area contributed by atoms with Gasteiger partial charge < -0.3 is 16.0 Å². The number of nitrogens with zero attached hydrogens (tertiary/aromatic N) is 1. The number of benzene rings is 1. The van der Waals surface area contributed by atoms with Crippen LogP contribution in [0, 0.1) is 5.82 Å². The highest BCUT2D eigenvalue weighted by Gasteiger charge is 2.20. The van der Waals surface area contributed by atoms with E-state index in [2.05, 4.69) is 20.9 Å². The third-order valence-corrected chi connectivity index (χ3v) is 3.49. The molecule has 25 heavy (non-hydrogen) atoms. The standard InChI is InChI=1S/C18H21FN4O2/c1-2-4-16(17(24)22-15-5-3-10-20-12-15)23-18(25)21-11-13-6-8-14(19)9-7-13/h3,5-10,12,16H,2,4,11H2,1H3,(H,22,24)(H2,21,23,25)/t16-/m1/s1. The van der Waals surface area contributed by atoms with E-state index in [1.54, 1.807) is 30.5 Å². The summed E-state index contributed by atoms with van der Waals surface area (Å²) in [4.78, 5) is 28.3. The number of hydrogen-bond acceptors (Lipinski definition) is 3. The van der Waals surface area contributed by atoms with Gasteiger partial charge >= 0.3 is 6.03 Å². The lowest BCUT2D eigenvalue weighted by atomic mass is 10.1. The van der Waals surface area contributed by atoms with Crippen molar-refractivity contribution in [2.45, 2.75) is 32.4 Å². The van der Waals surface area contributed by atoms with Crippen molar-refractivity contribution in [2.24, 2.45) is 0 Å². The van der Waals surface area contributed by atoms with E-state index in [0.29, 0.717) is 12.1 Å². The van der Waals surface area contributed by atoms with Crippen LogP contribution in [0.2, 0.25) is 0 Å². The molecule has 0 aliphatic carbocycles. The Morgan fingerprint density at radius 1 is 1.20 bits per heavy atom. The Morgan fingerprint density at radius 2 is 1.96 bits per heavy atom. The minimum atomic E-state index is -0.654. The van der Waals surface area contributed by atoms with Crippen molar-refractivity contribution < 1.29 is 14.0 Å². The van der Waals surface area contributed by atoms with Crippen LogP contribution in [0.1, 0.15) is 25.3 Å². The minimum absolute atomic E-state index is 0.245. The van der Waals surface area contributed by atoms with Crippen LogP contribution in [-0.2, 0) is 11.3 Å². The van der Waals surface area contributed by atoms with Crippen molar-refractivity contribution in [3.05, 3.63) is 60.2 Å². The van der Waals surface area contributed by atoms with E-state index in [0.717, 1.165) is 12.0 Å². The van der Waals surface area contributed by atoms with E-state index in [4.69, 9.17) is 0 Å². The van der Waals surface area contributed by atoms with E-state index in [-0.39, 0.29) is 18.3 Å². The van der Waals surface area contributed by atoms with Gasteiger partial charge in [-0.05, 0) is 36.2 Å². The molecule has 3 N–H and O–H groups in total. The Kier molecular flexibility index (Phi) is 6.88. The Hall–Kier alpha value is -2.96. The number of carbonyl (C=O) groups is 2. The average molecular weight is 344 g/mol. The summed E-state index contributed by atoms with van der Waals surface area (Å²) in [7, 11) is 0. The zero-order valence-electron chi connectivity index (χ0n) is 14.0. The molecule has 0 saturated heterocycles. The first kappa shape index (κ1) is 18.4. The molecule has 6 nitrogen and oxygen atoms in total. The Morgan fingerprint density at radius 3 is 2.60 bits per heavy atom. The molecular weight excluding hydrogens is 323 g/mol. The van der Waals surface area contributed by atoms with Crippen molar-refractivity contribution >= 4 is 17.6 Å². The molecule has 0 unspecified atom stereocenters. The number of hydrogen-bond donors (Lipinski definition) is 3. The maximum absolute atomic E-state index is 12.9. The van der Waals surface area contributed by atoms with Gasteiger partial charge in [-0.15, -0.1) is 0 Å². The fourth-order valence-electron chi connectivity index (χ4n) is 2.22. The number of halogens is 1. The zero-order chi connectivity index (χ0) is 18.1. The van der Waals surface area contributed by atoms with Gasteiger partial charge in [0.15, 0.2) is 0 Å². The first-order chi connectivity index (χ1) is 12.1. The summed E-state index contributed by atoms with van der Waals surface area (Å²) in [6, 6.07) is 8.17. The molecule has 0 bridgehead atoms. The number of carbonyl (C=O) groups excluding carboxylic acids is 2. The van der Waals surface area contributed by atoms with Gasteiger partial charge in [-0.25, -0.2) is 9.18 Å². The number of nitrogens with one attached hydrogen (secondary N) is 3. The molecule has 2 rings (SSSR count). The molecule has 7 heteroatoms. The molecule has 1 atom stereocenters. The van der Waals surface area contributed by atoms with E-state index in [9.17, 15) is 14.0 Å². The summed E-state index contributed by atoms with van der Waals surface area (Å²) < 4.78 is 12.9. The summed E-state index contributed by atoms with van der Waals surface area (Å²) in [5.41, 5.74) is 1.34. The van der Waals surface area contributed by atoms with Crippen LogP contribution in [0.25, 0.3) is 0 Å². The van der Waals surface area contributed by atoms with Crippen LogP contribution in [0.4, 0.5) is 14.9 Å². The second-order valence-corrected chi connectivity index (χ2v) is 5.53. The molecular formula is C18H21FN4O2. The SMILES string of the molecule is CCC[C@@H](NC(=O)NCc1ccc(F)cc1)C(=O)Nc1cccnc1. The van der Waals surface area contributed by atoms with E-state index >= 15 is 0 Å². The first-order valence-corrected chi connectivity index (χ1v) is 8.08. The molecule has 2 aromatic rings. The van der Waals surface area contributed by atoms with Gasteiger partial charge in [0, 0.05) is 12.7 Å². The molecule has 1 heterocycles. The van der Waals surface area contributed by atoms with Crippen molar-refractivity contribution in [2.75, 3.05) is 5.32 Å². The number of rotatable bonds is 7. The first-order valence-electron chi connectivity index (χ1n) is 8.08. The second-order valence-electron chi connectivity index (χ2n) is 5.53. The summed E-state index contributed by atoms with van der Waals surface area (Å²) in [6.45, 7) is 2.18. The monoisotopic (exact) mass is 344 g/mol. The predicted molar refractivity (Wildman–Crippen MR) is 93.3 cm³/mol. The number of pyridine rings is 1. The summed E-state index contributed by atoms with van der Waals surface area (Å²) in [5, 5.41) is 8.05. The molecule has 1 aromatic carbocycles. The number of amides is 3. The van der Waals surface area contributed by atoms with Crippen LogP contribution < -0.4 is 16.0 Å². The van der Waals surface area contributed by atoms with Crippen LogP contribution in [0.3, 0.4) is 0 Å². The van der Waals surface area contributed by atoms with Gasteiger partial charge in [-0.3, -0.25) is 9.78 Å². The van der Waals surface area contributed by atoms with Crippen LogP contribution >= 0.6 is 0 Å². The quantitative estimate of drug-likeness (QED) is 0.722. The van der Waals surface area contributed by atoms with Crippen molar-refractivity contribution in [3.63, 3.8) is 0 Å². The number of aromatic nitrogens is 1. The van der Waals surface area contributed by atoms with E-state index in [1.165, 1.54) is 18.3 Å². The van der Waals surface area contributed by atoms with Crippen molar-refractivity contribution in [1.82, 2.24) is 15.6 Å². The highest BCUT2D eigenvalue weighted by Crippen LogP contribution is 2.06. The van der Waals surface area contributed by atoms with Crippen molar-refractivity contribution in [3.8, 4) is 0 Å². The molecule has 132 valence electrons. The van der Waals surface area contributed by atoms with Gasteiger partial charge in [-0.2, -0.15) is 0 Å². The number of anilines is 1. The van der Waals surface area contributed by atoms with Gasteiger partial charge in [-0.1, -0.05) is 25.5 Å². The van der Waals surface area contributed by atoms with Crippen molar-refractivity contribution in [1.29, 1.82) is 0 Å². The average Bonchev–Trinajstić information content (AvgIpc) is 2.62. The maximum Gasteiger partial charge on any atom is 0.315 e. The number of urea groups is 1. The summed E-state index contributed by atoms with van der Waals surface area (Å²) >= 11 is 0. The highest BCUT2D eigenvalue weighted by atomic mass is 19.1. The summed E-state index contributed by atoms with van der Waals surface area (Å²) in [5.74, 6) is -0.630. The van der Waals surface area contributed by atoms with Gasteiger partial charge in [0.05, 0.1) is 11.9 Å². The fraction of sp³-hybridized carbons (Fsp3) is 0.278. The minimum Gasteiger partial charge on any atom is -0.334 e. The second kappa shape index (κ2) is 9.36. The fourth-order valence-corrected chi connectivity index (χ4v) is 2.22. The normalized spacial score (nSPS) is 11.4. The molecule has 3 amide bonds. The lowest BCUT2D eigenvalue weighted by molar-refractivity contribution is -0.118. The largest absolute Gasteiger partial charge is 0.334 e. The van der Waals surface area contributed by atoms with E-state index in [1.807, 2.05) is 6.92 Å². The maximum atomic E-state index is 12.9. The molecule has 0 fully saturated rings. The van der Waals surface area contributed by atoms with Crippen LogP contribution in [-0.4, -0.2) is 23.0 Å². The Labute approximate surface area is 145 Å². The Balaban J connectivity index is 1.87. The molecule has 0 aliphatic heterocycles. The molecule has 0 aliphatic rings. The molecule has 0 spiro atoms. The third-order valence-electron chi connectivity index (χ3n) is 3.49. The van der Waals surface area contributed by atoms with Crippen LogP contribution in [0.5, 0.6) is 0 Å². The lowest BCUT2D eigenvalue weighted by Gasteiger charge is -2.18. The smallest absolute Gasteiger partial charge is 0.315 e. The molecule has 0 saturated carbocycles. The van der Waals surface area contributed by atoms with E-state index < -0.39 is 12.1 Å². The predicted octanol–water partition coefficient (Wildman–Crippen LogP) is 2.83. The molecule has 0 radical (unpaired) electrons.